The molecule has 0 spiro atoms. The minimum Gasteiger partial charge on any atom is -0.324 e. The van der Waals surface area contributed by atoms with Gasteiger partial charge in [0.2, 0.25) is 0 Å². The third-order valence-corrected chi connectivity index (χ3v) is 2.97. The molecule has 1 atom stereocenters. The van der Waals surface area contributed by atoms with Crippen molar-refractivity contribution in [3.63, 3.8) is 0 Å². The second-order valence-electron chi connectivity index (χ2n) is 4.45. The molecule has 2 N–H and O–H groups in total. The van der Waals surface area contributed by atoms with Gasteiger partial charge in [0.15, 0.2) is 0 Å². The molecule has 2 aromatic carbocycles. The number of halogens is 3. The summed E-state index contributed by atoms with van der Waals surface area (Å²) in [5.41, 5.74) is 7.75. The molecule has 0 aliphatic carbocycles. The average molecular weight is 265 g/mol. The monoisotopic (exact) mass is 265 g/mol. The first-order chi connectivity index (χ1) is 8.89. The number of alkyl halides is 3. The van der Waals surface area contributed by atoms with E-state index < -0.39 is 11.7 Å². The van der Waals surface area contributed by atoms with Crippen LogP contribution in [0, 0.1) is 0 Å². The van der Waals surface area contributed by atoms with Crippen LogP contribution in [0.15, 0.2) is 48.5 Å². The van der Waals surface area contributed by atoms with Gasteiger partial charge in [-0.25, -0.2) is 0 Å². The van der Waals surface area contributed by atoms with E-state index in [0.717, 1.165) is 28.8 Å². The lowest BCUT2D eigenvalue weighted by molar-refractivity contribution is -0.137. The lowest BCUT2D eigenvalue weighted by Crippen LogP contribution is -2.07. The highest BCUT2D eigenvalue weighted by Gasteiger charge is 2.30. The van der Waals surface area contributed by atoms with Gasteiger partial charge in [0.25, 0.3) is 0 Å². The van der Waals surface area contributed by atoms with Crippen LogP contribution < -0.4 is 5.73 Å². The molecule has 0 radical (unpaired) electrons. The maximum absolute atomic E-state index is 12.5. The molecule has 0 aliphatic rings. The van der Waals surface area contributed by atoms with E-state index in [0.29, 0.717) is 0 Å². The highest BCUT2D eigenvalue weighted by Crippen LogP contribution is 2.32. The van der Waals surface area contributed by atoms with Crippen molar-refractivity contribution in [1.29, 1.82) is 0 Å². The summed E-state index contributed by atoms with van der Waals surface area (Å²) in [7, 11) is 0. The summed E-state index contributed by atoms with van der Waals surface area (Å²) < 4.78 is 37.5. The van der Waals surface area contributed by atoms with Gasteiger partial charge in [-0.2, -0.15) is 13.2 Å². The van der Waals surface area contributed by atoms with Crippen molar-refractivity contribution in [3.05, 3.63) is 59.7 Å². The van der Waals surface area contributed by atoms with E-state index in [2.05, 4.69) is 0 Å². The van der Waals surface area contributed by atoms with Gasteiger partial charge in [-0.15, -0.1) is 0 Å². The van der Waals surface area contributed by atoms with Crippen LogP contribution >= 0.6 is 0 Å². The number of hydrogen-bond acceptors (Lipinski definition) is 1. The summed E-state index contributed by atoms with van der Waals surface area (Å²) in [6, 6.07) is 12.4. The van der Waals surface area contributed by atoms with Crippen LogP contribution in [-0.4, -0.2) is 0 Å². The van der Waals surface area contributed by atoms with Crippen molar-refractivity contribution >= 4 is 0 Å². The summed E-state index contributed by atoms with van der Waals surface area (Å²) in [4.78, 5) is 0. The molecule has 4 heteroatoms. The van der Waals surface area contributed by atoms with Gasteiger partial charge in [0, 0.05) is 6.04 Å². The molecule has 2 aromatic rings. The Hall–Kier alpha value is -1.81. The molecule has 0 amide bonds. The topological polar surface area (TPSA) is 26.0 Å². The minimum absolute atomic E-state index is 0.168. The molecular weight excluding hydrogens is 251 g/mol. The van der Waals surface area contributed by atoms with Crippen LogP contribution in [0.5, 0.6) is 0 Å². The number of nitrogens with two attached hydrogens (primary N) is 1. The number of benzene rings is 2. The third-order valence-electron chi connectivity index (χ3n) is 2.97. The average Bonchev–Trinajstić information content (AvgIpc) is 2.38. The molecule has 100 valence electrons. The van der Waals surface area contributed by atoms with Crippen molar-refractivity contribution in [1.82, 2.24) is 0 Å². The quantitative estimate of drug-likeness (QED) is 0.856. The maximum atomic E-state index is 12.5. The van der Waals surface area contributed by atoms with E-state index in [1.807, 2.05) is 31.2 Å². The number of rotatable bonds is 2. The van der Waals surface area contributed by atoms with E-state index in [4.69, 9.17) is 5.73 Å². The smallest absolute Gasteiger partial charge is 0.324 e. The Balaban J connectivity index is 2.43. The first-order valence-corrected chi connectivity index (χ1v) is 5.92. The van der Waals surface area contributed by atoms with Gasteiger partial charge < -0.3 is 5.73 Å². The van der Waals surface area contributed by atoms with Crippen LogP contribution in [0.25, 0.3) is 11.1 Å². The lowest BCUT2D eigenvalue weighted by atomic mass is 9.95. The van der Waals surface area contributed by atoms with Crippen LogP contribution in [0.2, 0.25) is 0 Å². The van der Waals surface area contributed by atoms with Gasteiger partial charge in [0.1, 0.15) is 0 Å². The Morgan fingerprint density at radius 1 is 0.947 bits per heavy atom. The second-order valence-corrected chi connectivity index (χ2v) is 4.45. The Morgan fingerprint density at radius 2 is 1.53 bits per heavy atom. The van der Waals surface area contributed by atoms with Crippen molar-refractivity contribution in [3.8, 4) is 11.1 Å². The Labute approximate surface area is 109 Å². The van der Waals surface area contributed by atoms with Crippen LogP contribution in [0.3, 0.4) is 0 Å². The zero-order valence-corrected chi connectivity index (χ0v) is 10.4. The Kier molecular flexibility index (Phi) is 3.62. The first-order valence-electron chi connectivity index (χ1n) is 5.92. The largest absolute Gasteiger partial charge is 0.416 e. The molecule has 1 unspecified atom stereocenters. The third kappa shape index (κ3) is 2.96. The van der Waals surface area contributed by atoms with Crippen molar-refractivity contribution in [2.75, 3.05) is 0 Å². The van der Waals surface area contributed by atoms with E-state index in [-0.39, 0.29) is 6.04 Å². The normalized spacial score (nSPS) is 13.3. The van der Waals surface area contributed by atoms with Gasteiger partial charge in [0.05, 0.1) is 5.56 Å². The predicted octanol–water partition coefficient (Wildman–Crippen LogP) is 4.39. The second kappa shape index (κ2) is 5.05. The summed E-state index contributed by atoms with van der Waals surface area (Å²) in [5.74, 6) is 0. The van der Waals surface area contributed by atoms with Crippen LogP contribution in [-0.2, 0) is 6.18 Å². The molecule has 0 saturated heterocycles. The van der Waals surface area contributed by atoms with Gasteiger partial charge in [-0.3, -0.25) is 0 Å². The van der Waals surface area contributed by atoms with E-state index >= 15 is 0 Å². The molecule has 2 rings (SSSR count). The predicted molar refractivity (Wildman–Crippen MR) is 69.5 cm³/mol. The van der Waals surface area contributed by atoms with Crippen LogP contribution in [0.4, 0.5) is 13.2 Å². The van der Waals surface area contributed by atoms with E-state index in [1.165, 1.54) is 12.1 Å². The number of hydrogen-bond donors (Lipinski definition) is 1. The van der Waals surface area contributed by atoms with Crippen molar-refractivity contribution in [2.24, 2.45) is 5.73 Å². The van der Waals surface area contributed by atoms with Crippen molar-refractivity contribution in [2.45, 2.75) is 19.1 Å². The van der Waals surface area contributed by atoms with Gasteiger partial charge in [-0.1, -0.05) is 36.4 Å². The van der Waals surface area contributed by atoms with Gasteiger partial charge in [-0.05, 0) is 35.7 Å². The fraction of sp³-hybridized carbons (Fsp3) is 0.200. The molecule has 0 bridgehead atoms. The standard InChI is InChI=1S/C15H14F3N/c1-10(19)13-4-2-3-5-14(13)11-6-8-12(9-7-11)15(16,17)18/h2-10H,19H2,1H3. The Morgan fingerprint density at radius 3 is 2.05 bits per heavy atom. The van der Waals surface area contributed by atoms with E-state index in [1.54, 1.807) is 0 Å². The van der Waals surface area contributed by atoms with Gasteiger partial charge >= 0.3 is 6.18 Å². The molecule has 1 nitrogen and oxygen atoms in total. The highest BCUT2D eigenvalue weighted by molar-refractivity contribution is 5.68. The van der Waals surface area contributed by atoms with Crippen molar-refractivity contribution < 1.29 is 13.2 Å². The Bertz CT molecular complexity index is 556. The molecular formula is C15H14F3N. The molecule has 0 aromatic heterocycles. The SMILES string of the molecule is CC(N)c1ccccc1-c1ccc(C(F)(F)F)cc1. The lowest BCUT2D eigenvalue weighted by Gasteiger charge is -2.13. The van der Waals surface area contributed by atoms with Crippen LogP contribution in [0.1, 0.15) is 24.1 Å². The first kappa shape index (κ1) is 13.6. The maximum Gasteiger partial charge on any atom is 0.416 e. The highest BCUT2D eigenvalue weighted by atomic mass is 19.4. The fourth-order valence-corrected chi connectivity index (χ4v) is 2.00. The minimum atomic E-state index is -4.31. The zero-order valence-electron chi connectivity index (χ0n) is 10.4. The zero-order chi connectivity index (χ0) is 14.0. The summed E-state index contributed by atoms with van der Waals surface area (Å²) >= 11 is 0. The fourth-order valence-electron chi connectivity index (χ4n) is 2.00. The summed E-state index contributed by atoms with van der Waals surface area (Å²) in [6.45, 7) is 1.85. The molecule has 19 heavy (non-hydrogen) atoms. The summed E-state index contributed by atoms with van der Waals surface area (Å²) in [5, 5.41) is 0. The molecule has 0 heterocycles. The molecule has 0 aliphatic heterocycles. The molecule has 0 saturated carbocycles. The summed E-state index contributed by atoms with van der Waals surface area (Å²) in [6.07, 6.45) is -4.31. The van der Waals surface area contributed by atoms with E-state index in [9.17, 15) is 13.2 Å². The molecule has 0 fully saturated rings.